The molecule has 3 nitrogen and oxygen atoms in total. The Morgan fingerprint density at radius 2 is 2.07 bits per heavy atom. The topological polar surface area (TPSA) is 45.2 Å². The second-order valence-electron chi connectivity index (χ2n) is 3.29. The van der Waals surface area contributed by atoms with E-state index >= 15 is 0 Å². The van der Waals surface area contributed by atoms with Gasteiger partial charge in [-0.05, 0) is 12.5 Å². The van der Waals surface area contributed by atoms with Crippen molar-refractivity contribution in [2.75, 3.05) is 5.32 Å². The Labute approximate surface area is 92.4 Å². The van der Waals surface area contributed by atoms with Gasteiger partial charge in [-0.15, -0.1) is 11.3 Å². The van der Waals surface area contributed by atoms with Crippen molar-refractivity contribution in [1.82, 2.24) is 4.98 Å². The lowest BCUT2D eigenvalue weighted by atomic mass is 10.1. The normalized spacial score (nSPS) is 12.3. The van der Waals surface area contributed by atoms with Crippen LogP contribution in [0.25, 0.3) is 0 Å². The third kappa shape index (κ3) is 2.47. The van der Waals surface area contributed by atoms with E-state index in [1.165, 1.54) is 16.9 Å². The maximum absolute atomic E-state index is 9.10. The number of nitrogens with one attached hydrogen (secondary N) is 1. The second kappa shape index (κ2) is 4.31. The molecule has 2 aromatic rings. The molecule has 1 atom stereocenters. The number of nitrogens with zero attached hydrogens (tertiary/aromatic N) is 1. The van der Waals surface area contributed by atoms with Gasteiger partial charge in [-0.2, -0.15) is 4.98 Å². The van der Waals surface area contributed by atoms with E-state index in [1.54, 1.807) is 5.38 Å². The van der Waals surface area contributed by atoms with Gasteiger partial charge in [-0.3, -0.25) is 0 Å². The van der Waals surface area contributed by atoms with Crippen molar-refractivity contribution in [2.24, 2.45) is 0 Å². The summed E-state index contributed by atoms with van der Waals surface area (Å²) in [4.78, 5) is 3.94. The van der Waals surface area contributed by atoms with Crippen LogP contribution in [0.3, 0.4) is 0 Å². The van der Waals surface area contributed by atoms with Crippen molar-refractivity contribution in [3.05, 3.63) is 41.3 Å². The van der Waals surface area contributed by atoms with Crippen molar-refractivity contribution in [2.45, 2.75) is 13.0 Å². The molecule has 15 heavy (non-hydrogen) atoms. The average Bonchev–Trinajstić information content (AvgIpc) is 2.65. The quantitative estimate of drug-likeness (QED) is 0.835. The summed E-state index contributed by atoms with van der Waals surface area (Å²) in [5, 5.41) is 14.7. The lowest BCUT2D eigenvalue weighted by Crippen LogP contribution is -2.05. The molecule has 2 N–H and O–H groups in total. The highest BCUT2D eigenvalue weighted by Crippen LogP contribution is 2.24. The number of aromatic nitrogens is 1. The molecule has 1 unspecified atom stereocenters. The van der Waals surface area contributed by atoms with Gasteiger partial charge in [0.05, 0.1) is 11.4 Å². The summed E-state index contributed by atoms with van der Waals surface area (Å²) in [7, 11) is 0. The van der Waals surface area contributed by atoms with Crippen LogP contribution >= 0.6 is 11.3 Å². The molecule has 1 aromatic heterocycles. The summed E-state index contributed by atoms with van der Waals surface area (Å²) < 4.78 is 0. The van der Waals surface area contributed by atoms with E-state index in [9.17, 15) is 0 Å². The Morgan fingerprint density at radius 3 is 2.67 bits per heavy atom. The predicted octanol–water partition coefficient (Wildman–Crippen LogP) is 3.02. The smallest absolute Gasteiger partial charge is 0.223 e. The maximum atomic E-state index is 9.10. The van der Waals surface area contributed by atoms with Crippen LogP contribution in [0.15, 0.2) is 35.7 Å². The van der Waals surface area contributed by atoms with Crippen LogP contribution < -0.4 is 5.32 Å². The Balaban J connectivity index is 2.07. The molecule has 0 saturated carbocycles. The standard InChI is InChI=1S/C11H12N2OS/c1-8(9-5-3-2-4-6-9)12-11-13-10(14)7-15-11/h2-8,14H,1H3,(H,12,13). The molecule has 0 saturated heterocycles. The monoisotopic (exact) mass is 220 g/mol. The number of hydrogen-bond donors (Lipinski definition) is 2. The molecule has 0 spiro atoms. The zero-order chi connectivity index (χ0) is 10.7. The lowest BCUT2D eigenvalue weighted by molar-refractivity contribution is 0.458. The molecule has 0 aliphatic rings. The maximum Gasteiger partial charge on any atom is 0.223 e. The zero-order valence-electron chi connectivity index (χ0n) is 8.34. The van der Waals surface area contributed by atoms with Gasteiger partial charge in [0.15, 0.2) is 5.13 Å². The molecule has 4 heteroatoms. The Kier molecular flexibility index (Phi) is 2.87. The summed E-state index contributed by atoms with van der Waals surface area (Å²) in [5.41, 5.74) is 1.20. The number of anilines is 1. The first-order chi connectivity index (χ1) is 7.25. The fourth-order valence-electron chi connectivity index (χ4n) is 1.34. The fourth-order valence-corrected chi connectivity index (χ4v) is 2.00. The van der Waals surface area contributed by atoms with Crippen LogP contribution in [0.5, 0.6) is 5.88 Å². The van der Waals surface area contributed by atoms with Crippen LogP contribution in [0.1, 0.15) is 18.5 Å². The van der Waals surface area contributed by atoms with E-state index in [0.717, 1.165) is 5.13 Å². The van der Waals surface area contributed by atoms with Gasteiger partial charge in [0.25, 0.3) is 0 Å². The lowest BCUT2D eigenvalue weighted by Gasteiger charge is -2.12. The third-order valence-electron chi connectivity index (χ3n) is 2.13. The Hall–Kier alpha value is -1.55. The largest absolute Gasteiger partial charge is 0.493 e. The van der Waals surface area contributed by atoms with E-state index in [4.69, 9.17) is 5.11 Å². The molecule has 0 amide bonds. The average molecular weight is 220 g/mol. The van der Waals surface area contributed by atoms with Crippen molar-refractivity contribution in [3.63, 3.8) is 0 Å². The number of hydrogen-bond acceptors (Lipinski definition) is 4. The number of rotatable bonds is 3. The summed E-state index contributed by atoms with van der Waals surface area (Å²) >= 11 is 1.40. The second-order valence-corrected chi connectivity index (χ2v) is 4.15. The molecule has 0 fully saturated rings. The fraction of sp³-hybridized carbons (Fsp3) is 0.182. The summed E-state index contributed by atoms with van der Waals surface area (Å²) in [6, 6.07) is 10.3. The minimum Gasteiger partial charge on any atom is -0.493 e. The first-order valence-corrected chi connectivity index (χ1v) is 5.59. The molecule has 78 valence electrons. The van der Waals surface area contributed by atoms with Crippen molar-refractivity contribution in [1.29, 1.82) is 0 Å². The molecular formula is C11H12N2OS. The molecule has 0 radical (unpaired) electrons. The predicted molar refractivity (Wildman–Crippen MR) is 62.3 cm³/mol. The minimum absolute atomic E-state index is 0.0720. The molecule has 0 aliphatic carbocycles. The van der Waals surface area contributed by atoms with Crippen LogP contribution in [0.4, 0.5) is 5.13 Å². The van der Waals surface area contributed by atoms with E-state index in [0.29, 0.717) is 0 Å². The van der Waals surface area contributed by atoms with E-state index in [-0.39, 0.29) is 11.9 Å². The van der Waals surface area contributed by atoms with Gasteiger partial charge in [-0.25, -0.2) is 0 Å². The molecule has 1 aromatic carbocycles. The molecule has 1 heterocycles. The summed E-state index contributed by atoms with van der Waals surface area (Å²) in [6.45, 7) is 2.06. The first kappa shape index (κ1) is 9.98. The number of thiazole rings is 1. The van der Waals surface area contributed by atoms with Gasteiger partial charge in [-0.1, -0.05) is 30.3 Å². The van der Waals surface area contributed by atoms with Gasteiger partial charge in [0.2, 0.25) is 5.88 Å². The van der Waals surface area contributed by atoms with E-state index < -0.39 is 0 Å². The zero-order valence-corrected chi connectivity index (χ0v) is 9.16. The third-order valence-corrected chi connectivity index (χ3v) is 2.89. The highest BCUT2D eigenvalue weighted by Gasteiger charge is 2.06. The Morgan fingerprint density at radius 1 is 1.33 bits per heavy atom. The van der Waals surface area contributed by atoms with Crippen LogP contribution in [-0.2, 0) is 0 Å². The minimum atomic E-state index is 0.0720. The van der Waals surface area contributed by atoms with Crippen molar-refractivity contribution < 1.29 is 5.11 Å². The van der Waals surface area contributed by atoms with Gasteiger partial charge in [0.1, 0.15) is 0 Å². The molecular weight excluding hydrogens is 208 g/mol. The molecule has 0 aliphatic heterocycles. The Bertz CT molecular complexity index is 427. The number of aromatic hydroxyl groups is 1. The van der Waals surface area contributed by atoms with Gasteiger partial charge < -0.3 is 10.4 Å². The van der Waals surface area contributed by atoms with E-state index in [1.807, 2.05) is 18.2 Å². The summed E-state index contributed by atoms with van der Waals surface area (Å²) in [5.74, 6) is 0.0720. The highest BCUT2D eigenvalue weighted by atomic mass is 32.1. The SMILES string of the molecule is CC(Nc1nc(O)cs1)c1ccccc1. The van der Waals surface area contributed by atoms with Gasteiger partial charge in [0, 0.05) is 0 Å². The number of benzene rings is 1. The molecule has 0 bridgehead atoms. The first-order valence-electron chi connectivity index (χ1n) is 4.71. The van der Waals surface area contributed by atoms with Crippen LogP contribution in [0.2, 0.25) is 0 Å². The van der Waals surface area contributed by atoms with E-state index in [2.05, 4.69) is 29.4 Å². The van der Waals surface area contributed by atoms with Crippen molar-refractivity contribution in [3.8, 4) is 5.88 Å². The van der Waals surface area contributed by atoms with Crippen molar-refractivity contribution >= 4 is 16.5 Å². The van der Waals surface area contributed by atoms with Crippen LogP contribution in [0, 0.1) is 0 Å². The highest BCUT2D eigenvalue weighted by molar-refractivity contribution is 7.13. The van der Waals surface area contributed by atoms with Crippen LogP contribution in [-0.4, -0.2) is 10.1 Å². The molecule has 2 rings (SSSR count). The van der Waals surface area contributed by atoms with Gasteiger partial charge >= 0.3 is 0 Å². The summed E-state index contributed by atoms with van der Waals surface area (Å²) in [6.07, 6.45) is 0.